The van der Waals surface area contributed by atoms with Crippen LogP contribution in [0, 0.1) is 0 Å². The normalized spacial score (nSPS) is 11.8. The summed E-state index contributed by atoms with van der Waals surface area (Å²) < 4.78 is 5.01. The summed E-state index contributed by atoms with van der Waals surface area (Å²) in [6.07, 6.45) is 0. The molecule has 0 fully saturated rings. The maximum Gasteiger partial charge on any atom is 0.164 e. The Morgan fingerprint density at radius 3 is 1.45 bits per heavy atom. The van der Waals surface area contributed by atoms with E-state index < -0.39 is 0 Å². The third-order valence-electron chi connectivity index (χ3n) is 11.4. The third-order valence-corrected chi connectivity index (χ3v) is 12.5. The summed E-state index contributed by atoms with van der Waals surface area (Å²) in [5.74, 6) is 1.91. The average Bonchev–Trinajstić information content (AvgIpc) is 3.82. The second kappa shape index (κ2) is 13.1. The summed E-state index contributed by atoms with van der Waals surface area (Å²) in [6.45, 7) is 0. The van der Waals surface area contributed by atoms with Crippen molar-refractivity contribution in [3.05, 3.63) is 194 Å². The average molecular weight is 757 g/mol. The molecule has 58 heavy (non-hydrogen) atoms. The fraction of sp³-hybridized carbons (Fsp3) is 0. The highest BCUT2D eigenvalue weighted by Gasteiger charge is 2.22. The SMILES string of the molecule is c1ccc(-c2nc(-c3ccccc3)nc(-c3ccc(-n4c5cc6ccccc6cc5c5cc6ccccc6cc54)c(-c4cccc5sc6ccccc6c45)c3)n2)cc1. The standard InChI is InChI=1S/C53H32N4S/c1-3-14-33(15-4-1)51-54-52(34-16-5-2-6-17-34)56-53(55-51)39-26-27-45(42(30-39)40-23-13-25-49-50(40)41-22-11-12-24-48(41)58-49)57-46-31-37-20-9-7-18-35(37)28-43(46)44-29-36-19-8-10-21-38(36)32-47(44)57/h1-32H. The Bertz CT molecular complexity index is 3420. The molecule has 0 aliphatic heterocycles. The first-order valence-corrected chi connectivity index (χ1v) is 20.3. The third kappa shape index (κ3) is 5.25. The molecule has 4 nitrogen and oxygen atoms in total. The largest absolute Gasteiger partial charge is 0.309 e. The number of nitrogens with zero attached hydrogens (tertiary/aromatic N) is 4. The van der Waals surface area contributed by atoms with Gasteiger partial charge in [0.15, 0.2) is 17.5 Å². The molecule has 0 aliphatic rings. The second-order valence-corrected chi connectivity index (χ2v) is 15.9. The van der Waals surface area contributed by atoms with Gasteiger partial charge in [-0.2, -0.15) is 0 Å². The van der Waals surface area contributed by atoms with Crippen molar-refractivity contribution in [2.45, 2.75) is 0 Å². The molecule has 9 aromatic carbocycles. The number of fused-ring (bicyclic) bond motifs is 8. The molecule has 5 heteroatoms. The van der Waals surface area contributed by atoms with Crippen molar-refractivity contribution in [1.82, 2.24) is 19.5 Å². The van der Waals surface area contributed by atoms with E-state index in [1.807, 2.05) is 47.7 Å². The van der Waals surface area contributed by atoms with E-state index in [1.54, 1.807) is 0 Å². The minimum Gasteiger partial charge on any atom is -0.309 e. The van der Waals surface area contributed by atoms with Crippen molar-refractivity contribution in [2.75, 3.05) is 0 Å². The van der Waals surface area contributed by atoms with Crippen LogP contribution in [-0.2, 0) is 0 Å². The van der Waals surface area contributed by atoms with Gasteiger partial charge in [-0.15, -0.1) is 11.3 Å². The molecular formula is C53H32N4S. The van der Waals surface area contributed by atoms with Gasteiger partial charge < -0.3 is 4.57 Å². The van der Waals surface area contributed by atoms with Crippen molar-refractivity contribution in [3.63, 3.8) is 0 Å². The summed E-state index contributed by atoms with van der Waals surface area (Å²) in [7, 11) is 0. The van der Waals surface area contributed by atoms with Crippen molar-refractivity contribution in [1.29, 1.82) is 0 Å². The summed E-state index contributed by atoms with van der Waals surface area (Å²) in [5, 5.41) is 9.84. The molecule has 12 rings (SSSR count). The smallest absolute Gasteiger partial charge is 0.164 e. The zero-order chi connectivity index (χ0) is 38.2. The Morgan fingerprint density at radius 2 is 0.845 bits per heavy atom. The number of hydrogen-bond donors (Lipinski definition) is 0. The fourth-order valence-electron chi connectivity index (χ4n) is 8.67. The Balaban J connectivity index is 1.20. The predicted octanol–water partition coefficient (Wildman–Crippen LogP) is 14.3. The van der Waals surface area contributed by atoms with Gasteiger partial charge in [-0.05, 0) is 81.7 Å². The molecule has 0 N–H and O–H groups in total. The zero-order valence-electron chi connectivity index (χ0n) is 31.2. The molecule has 0 amide bonds. The fourth-order valence-corrected chi connectivity index (χ4v) is 9.80. The number of aromatic nitrogens is 4. The van der Waals surface area contributed by atoms with Crippen molar-refractivity contribution in [2.24, 2.45) is 0 Å². The predicted molar refractivity (Wildman–Crippen MR) is 244 cm³/mol. The lowest BCUT2D eigenvalue weighted by molar-refractivity contribution is 1.07. The Morgan fingerprint density at radius 1 is 0.345 bits per heavy atom. The maximum absolute atomic E-state index is 5.17. The lowest BCUT2D eigenvalue weighted by Gasteiger charge is -2.17. The van der Waals surface area contributed by atoms with Gasteiger partial charge in [-0.1, -0.05) is 140 Å². The molecule has 3 heterocycles. The van der Waals surface area contributed by atoms with E-state index in [0.29, 0.717) is 17.5 Å². The Kier molecular flexibility index (Phi) is 7.37. The van der Waals surface area contributed by atoms with Crippen LogP contribution in [0.15, 0.2) is 194 Å². The summed E-state index contributed by atoms with van der Waals surface area (Å²) >= 11 is 1.84. The van der Waals surface area contributed by atoms with E-state index in [9.17, 15) is 0 Å². The van der Waals surface area contributed by atoms with Crippen LogP contribution in [0.5, 0.6) is 0 Å². The summed E-state index contributed by atoms with van der Waals surface area (Å²) in [5.41, 5.74) is 8.51. The highest BCUT2D eigenvalue weighted by Crippen LogP contribution is 2.45. The van der Waals surface area contributed by atoms with Crippen LogP contribution in [0.1, 0.15) is 0 Å². The molecule has 0 bridgehead atoms. The first kappa shape index (κ1) is 32.7. The minimum atomic E-state index is 0.627. The molecule has 0 radical (unpaired) electrons. The molecule has 0 spiro atoms. The topological polar surface area (TPSA) is 43.6 Å². The van der Waals surface area contributed by atoms with Gasteiger partial charge in [-0.3, -0.25) is 0 Å². The lowest BCUT2D eigenvalue weighted by Crippen LogP contribution is -2.02. The van der Waals surface area contributed by atoms with Gasteiger partial charge in [0, 0.05) is 53.2 Å². The van der Waals surface area contributed by atoms with E-state index in [0.717, 1.165) is 27.9 Å². The van der Waals surface area contributed by atoms with Crippen molar-refractivity contribution >= 4 is 74.9 Å². The van der Waals surface area contributed by atoms with Crippen LogP contribution < -0.4 is 0 Å². The Labute approximate surface area is 338 Å². The molecule has 0 unspecified atom stereocenters. The monoisotopic (exact) mass is 756 g/mol. The molecule has 0 saturated heterocycles. The molecule has 3 aromatic heterocycles. The molecule has 12 aromatic rings. The van der Waals surface area contributed by atoms with E-state index >= 15 is 0 Å². The first-order chi connectivity index (χ1) is 28.7. The molecule has 0 saturated carbocycles. The quantitative estimate of drug-likeness (QED) is 0.176. The van der Waals surface area contributed by atoms with Gasteiger partial charge in [0.2, 0.25) is 0 Å². The van der Waals surface area contributed by atoms with Crippen LogP contribution in [0.4, 0.5) is 0 Å². The van der Waals surface area contributed by atoms with Gasteiger partial charge in [0.25, 0.3) is 0 Å². The number of rotatable bonds is 5. The molecule has 0 atom stereocenters. The van der Waals surface area contributed by atoms with Crippen LogP contribution >= 0.6 is 11.3 Å². The molecule has 0 aliphatic carbocycles. The van der Waals surface area contributed by atoms with Crippen molar-refractivity contribution < 1.29 is 0 Å². The Hall–Kier alpha value is -7.47. The van der Waals surface area contributed by atoms with Gasteiger partial charge in [0.1, 0.15) is 0 Å². The lowest BCUT2D eigenvalue weighted by atomic mass is 9.95. The number of benzene rings is 9. The van der Waals surface area contributed by atoms with Crippen LogP contribution in [-0.4, -0.2) is 19.5 Å². The maximum atomic E-state index is 5.17. The molecular weight excluding hydrogens is 725 g/mol. The van der Waals surface area contributed by atoms with E-state index in [-0.39, 0.29) is 0 Å². The number of hydrogen-bond acceptors (Lipinski definition) is 4. The summed E-state index contributed by atoms with van der Waals surface area (Å²) in [6, 6.07) is 69.4. The van der Waals surface area contributed by atoms with Gasteiger partial charge >= 0.3 is 0 Å². The first-order valence-electron chi connectivity index (χ1n) is 19.5. The zero-order valence-corrected chi connectivity index (χ0v) is 32.0. The van der Waals surface area contributed by atoms with Crippen LogP contribution in [0.2, 0.25) is 0 Å². The van der Waals surface area contributed by atoms with Crippen LogP contribution in [0.3, 0.4) is 0 Å². The number of thiophene rings is 1. The highest BCUT2D eigenvalue weighted by molar-refractivity contribution is 7.25. The van der Waals surface area contributed by atoms with E-state index in [2.05, 4.69) is 162 Å². The molecule has 270 valence electrons. The minimum absolute atomic E-state index is 0.627. The van der Waals surface area contributed by atoms with Crippen LogP contribution in [0.25, 0.3) is 115 Å². The van der Waals surface area contributed by atoms with Gasteiger partial charge in [-0.25, -0.2) is 15.0 Å². The summed E-state index contributed by atoms with van der Waals surface area (Å²) in [4.78, 5) is 15.3. The van der Waals surface area contributed by atoms with E-state index in [1.165, 1.54) is 69.1 Å². The van der Waals surface area contributed by atoms with Crippen molar-refractivity contribution in [3.8, 4) is 51.0 Å². The van der Waals surface area contributed by atoms with E-state index in [4.69, 9.17) is 15.0 Å². The van der Waals surface area contributed by atoms with Gasteiger partial charge in [0.05, 0.1) is 16.7 Å². The second-order valence-electron chi connectivity index (χ2n) is 14.8. The highest BCUT2D eigenvalue weighted by atomic mass is 32.1.